The molecule has 0 atom stereocenters. The van der Waals surface area contributed by atoms with Crippen molar-refractivity contribution in [2.24, 2.45) is 9.98 Å². The summed E-state index contributed by atoms with van der Waals surface area (Å²) in [5.41, 5.74) is 0.460. The van der Waals surface area contributed by atoms with Crippen LogP contribution in [0.5, 0.6) is 11.5 Å². The van der Waals surface area contributed by atoms with Crippen LogP contribution in [0, 0.1) is 0 Å². The van der Waals surface area contributed by atoms with Crippen LogP contribution in [-0.4, -0.2) is 56.1 Å². The Hall–Kier alpha value is -6.30. The molecule has 0 spiro atoms. The predicted octanol–water partition coefficient (Wildman–Crippen LogP) is 5.87. The molecule has 0 aliphatic carbocycles. The topological polar surface area (TPSA) is 192 Å². The van der Waals surface area contributed by atoms with E-state index in [9.17, 15) is 39.6 Å². The smallest absolute Gasteiger partial charge is 0.336 e. The van der Waals surface area contributed by atoms with E-state index in [0.717, 1.165) is 0 Å². The maximum Gasteiger partial charge on any atom is 0.336 e. The van der Waals surface area contributed by atoms with Gasteiger partial charge in [0.15, 0.2) is 0 Å². The number of carbonyl (C=O) groups excluding carboxylic acids is 2. The first-order chi connectivity index (χ1) is 20.9. The number of aliphatic imine (C=N–C) groups is 2. The number of esters is 2. The van der Waals surface area contributed by atoms with E-state index in [0.29, 0.717) is 11.1 Å². The molecule has 0 aliphatic heterocycles. The Bertz CT molecular complexity index is 1690. The molecule has 12 heteroatoms. The number of carboxylic acids is 2. The molecule has 0 unspecified atom stereocenters. The fourth-order valence-corrected chi connectivity index (χ4v) is 4.06. The summed E-state index contributed by atoms with van der Waals surface area (Å²) < 4.78 is 9.93. The number of aliphatic hydroxyl groups excluding tert-OH is 2. The first kappa shape index (κ1) is 30.7. The zero-order valence-corrected chi connectivity index (χ0v) is 23.2. The van der Waals surface area contributed by atoms with Crippen LogP contribution in [-0.2, 0) is 9.59 Å². The molecule has 4 aromatic carbocycles. The highest BCUT2D eigenvalue weighted by atomic mass is 16.5. The quantitative estimate of drug-likeness (QED) is 0.0785. The van der Waals surface area contributed by atoms with Gasteiger partial charge in [-0.2, -0.15) is 0 Å². The molecular weight excluding hydrogens is 572 g/mol. The Morgan fingerprint density at radius 1 is 0.500 bits per heavy atom. The van der Waals surface area contributed by atoms with Crippen LogP contribution in [0.15, 0.2) is 94.9 Å². The van der Waals surface area contributed by atoms with Gasteiger partial charge in [0.25, 0.3) is 0 Å². The molecule has 44 heavy (non-hydrogen) atoms. The number of carbonyl (C=O) groups is 4. The summed E-state index contributed by atoms with van der Waals surface area (Å²) >= 11 is 0. The second-order valence-electron chi connectivity index (χ2n) is 9.18. The van der Waals surface area contributed by atoms with Gasteiger partial charge in [-0.3, -0.25) is 9.59 Å². The van der Waals surface area contributed by atoms with Crippen molar-refractivity contribution in [1.82, 2.24) is 0 Å². The lowest BCUT2D eigenvalue weighted by Crippen LogP contribution is -2.10. The van der Waals surface area contributed by atoms with Crippen molar-refractivity contribution in [2.75, 3.05) is 0 Å². The van der Waals surface area contributed by atoms with Gasteiger partial charge in [-0.1, -0.05) is 12.1 Å². The van der Waals surface area contributed by atoms with Crippen molar-refractivity contribution in [1.29, 1.82) is 0 Å². The Morgan fingerprint density at radius 2 is 0.841 bits per heavy atom. The number of carboxylic acid groups (broad SMARTS) is 2. The highest BCUT2D eigenvalue weighted by Crippen LogP contribution is 2.28. The van der Waals surface area contributed by atoms with E-state index >= 15 is 0 Å². The van der Waals surface area contributed by atoms with Crippen LogP contribution in [0.2, 0.25) is 0 Å². The normalized spacial score (nSPS) is 11.5. The first-order valence-electron chi connectivity index (χ1n) is 12.8. The fourth-order valence-electron chi connectivity index (χ4n) is 4.06. The molecule has 12 nitrogen and oxygen atoms in total. The molecule has 0 bridgehead atoms. The molecule has 4 rings (SSSR count). The predicted molar refractivity (Wildman–Crippen MR) is 159 cm³/mol. The molecule has 4 N–H and O–H groups in total. The Morgan fingerprint density at radius 3 is 1.14 bits per heavy atom. The third-order valence-electron chi connectivity index (χ3n) is 5.98. The van der Waals surface area contributed by atoms with E-state index in [4.69, 9.17) is 9.47 Å². The van der Waals surface area contributed by atoms with Crippen molar-refractivity contribution in [2.45, 2.75) is 13.8 Å². The van der Waals surface area contributed by atoms with Gasteiger partial charge >= 0.3 is 23.9 Å². The van der Waals surface area contributed by atoms with E-state index in [-0.39, 0.29) is 45.1 Å². The van der Waals surface area contributed by atoms with Gasteiger partial charge in [-0.05, 0) is 83.9 Å². The van der Waals surface area contributed by atoms with Gasteiger partial charge in [-0.15, -0.1) is 0 Å². The number of ether oxygens (including phenoxy) is 2. The lowest BCUT2D eigenvalue weighted by atomic mass is 9.95. The summed E-state index contributed by atoms with van der Waals surface area (Å²) in [4.78, 5) is 54.3. The summed E-state index contributed by atoms with van der Waals surface area (Å²) in [5.74, 6) is -4.40. The van der Waals surface area contributed by atoms with Gasteiger partial charge < -0.3 is 29.9 Å². The average Bonchev–Trinajstić information content (AvgIpc) is 2.97. The van der Waals surface area contributed by atoms with Crippen molar-refractivity contribution in [3.63, 3.8) is 0 Å². The maximum absolute atomic E-state index is 11.9. The van der Waals surface area contributed by atoms with Crippen LogP contribution in [0.3, 0.4) is 0 Å². The van der Waals surface area contributed by atoms with Gasteiger partial charge in [-0.25, -0.2) is 19.6 Å². The zero-order valence-electron chi connectivity index (χ0n) is 23.2. The largest absolute Gasteiger partial charge is 0.493 e. The van der Waals surface area contributed by atoms with Gasteiger partial charge in [0, 0.05) is 13.8 Å². The van der Waals surface area contributed by atoms with E-state index in [1.54, 1.807) is 0 Å². The molecular formula is C32H24N2O10. The van der Waals surface area contributed by atoms with Crippen LogP contribution < -0.4 is 9.47 Å². The minimum Gasteiger partial charge on any atom is -0.493 e. The van der Waals surface area contributed by atoms with Crippen LogP contribution >= 0.6 is 0 Å². The number of aliphatic hydroxyl groups is 2. The molecule has 4 aromatic rings. The molecule has 0 heterocycles. The summed E-state index contributed by atoms with van der Waals surface area (Å²) in [6.45, 7) is 2.49. The third kappa shape index (κ3) is 7.50. The van der Waals surface area contributed by atoms with E-state index < -0.39 is 35.7 Å². The number of nitrogens with zero attached hydrogens (tertiary/aromatic N) is 2. The van der Waals surface area contributed by atoms with Crippen molar-refractivity contribution in [3.05, 3.63) is 107 Å². The lowest BCUT2D eigenvalue weighted by molar-refractivity contribution is -0.132. The van der Waals surface area contributed by atoms with Gasteiger partial charge in [0.1, 0.15) is 11.5 Å². The SMILES string of the molecule is CC(=O)Oc1ccc(N=C(O)c2cc(-c3ccc(C(=O)O)c(C(O)=Nc4ccc(OC(C)=O)cc4)c3)ccc2C(=O)O)cc1. The van der Waals surface area contributed by atoms with E-state index in [1.807, 2.05) is 0 Å². The molecule has 0 aromatic heterocycles. The summed E-state index contributed by atoms with van der Waals surface area (Å²) in [7, 11) is 0. The molecule has 0 aliphatic rings. The van der Waals surface area contributed by atoms with Crippen molar-refractivity contribution >= 4 is 47.0 Å². The Balaban J connectivity index is 1.73. The minimum absolute atomic E-state index is 0.131. The molecule has 0 saturated carbocycles. The van der Waals surface area contributed by atoms with Gasteiger partial charge in [0.2, 0.25) is 11.8 Å². The highest BCUT2D eigenvalue weighted by Gasteiger charge is 2.19. The molecule has 0 radical (unpaired) electrons. The van der Waals surface area contributed by atoms with Crippen LogP contribution in [0.4, 0.5) is 11.4 Å². The zero-order chi connectivity index (χ0) is 32.0. The summed E-state index contributed by atoms with van der Waals surface area (Å²) in [5, 5.41) is 41.1. The fraction of sp³-hybridized carbons (Fsp3) is 0.0625. The molecule has 0 saturated heterocycles. The minimum atomic E-state index is -1.33. The molecule has 0 fully saturated rings. The second kappa shape index (κ2) is 13.1. The number of benzene rings is 4. The lowest BCUT2D eigenvalue weighted by Gasteiger charge is -2.11. The first-order valence-corrected chi connectivity index (χ1v) is 12.8. The van der Waals surface area contributed by atoms with Crippen LogP contribution in [0.25, 0.3) is 11.1 Å². The summed E-state index contributed by atoms with van der Waals surface area (Å²) in [6.07, 6.45) is 0. The van der Waals surface area contributed by atoms with Crippen LogP contribution in [0.1, 0.15) is 45.7 Å². The Labute approximate surface area is 249 Å². The van der Waals surface area contributed by atoms with Crippen molar-refractivity contribution < 1.29 is 49.1 Å². The van der Waals surface area contributed by atoms with E-state index in [2.05, 4.69) is 9.98 Å². The monoisotopic (exact) mass is 596 g/mol. The number of rotatable bonds is 9. The standard InChI is InChI=1S/C32H24N2O10/c1-17(35)43-23-9-5-21(6-10-23)33-29(37)27-15-19(3-13-25(27)31(39)40)20-4-14-26(32(41)42)28(16-20)30(38)34-22-7-11-24(12-8-22)44-18(2)36/h3-16H,1-2H3,(H,33,37)(H,34,38)(H,39,40)(H,41,42). The average molecular weight is 597 g/mol. The second-order valence-corrected chi connectivity index (χ2v) is 9.18. The number of aromatic carboxylic acids is 2. The Kier molecular flexibility index (Phi) is 9.14. The third-order valence-corrected chi connectivity index (χ3v) is 5.98. The molecule has 222 valence electrons. The number of hydrogen-bond acceptors (Lipinski definition) is 8. The van der Waals surface area contributed by atoms with Crippen molar-refractivity contribution in [3.8, 4) is 22.6 Å². The summed E-state index contributed by atoms with van der Waals surface area (Å²) in [6, 6.07) is 19.8. The maximum atomic E-state index is 11.9. The molecule has 0 amide bonds. The number of hydrogen-bond donors (Lipinski definition) is 4. The van der Waals surface area contributed by atoms with Gasteiger partial charge in [0.05, 0.1) is 33.6 Å². The van der Waals surface area contributed by atoms with E-state index in [1.165, 1.54) is 98.8 Å². The highest BCUT2D eigenvalue weighted by molar-refractivity contribution is 6.07.